The van der Waals surface area contributed by atoms with Gasteiger partial charge in [0.25, 0.3) is 10.0 Å². The van der Waals surface area contributed by atoms with Crippen LogP contribution in [0, 0.1) is 0 Å². The lowest BCUT2D eigenvalue weighted by Crippen LogP contribution is -2.72. The number of methoxy groups -OCH3 is 2. The summed E-state index contributed by atoms with van der Waals surface area (Å²) >= 11 is 0. The van der Waals surface area contributed by atoms with Crippen molar-refractivity contribution in [1.82, 2.24) is 4.31 Å². The predicted octanol–water partition coefficient (Wildman–Crippen LogP) is 3.61. The van der Waals surface area contributed by atoms with E-state index in [1.165, 1.54) is 0 Å². The van der Waals surface area contributed by atoms with E-state index in [1.807, 2.05) is 0 Å². The largest absolute Gasteiger partial charge is 0.460 e. The average molecular weight is 515 g/mol. The van der Waals surface area contributed by atoms with E-state index in [9.17, 15) is 65.5 Å². The van der Waals surface area contributed by atoms with E-state index in [0.717, 1.165) is 14.2 Å². The Morgan fingerprint density at radius 2 is 0.935 bits per heavy atom. The first-order valence-corrected chi connectivity index (χ1v) is 8.89. The zero-order valence-corrected chi connectivity index (χ0v) is 16.0. The maximum atomic E-state index is 14.0. The van der Waals surface area contributed by atoms with Crippen molar-refractivity contribution < 1.29 is 75.0 Å². The zero-order chi connectivity index (χ0) is 25.3. The van der Waals surface area contributed by atoms with Crippen molar-refractivity contribution in [2.24, 2.45) is 0 Å². The highest BCUT2D eigenvalue weighted by Crippen LogP contribution is 2.61. The summed E-state index contributed by atoms with van der Waals surface area (Å²) in [4.78, 5) is 0. The van der Waals surface area contributed by atoms with E-state index in [1.54, 1.807) is 0 Å². The van der Waals surface area contributed by atoms with Gasteiger partial charge in [0.1, 0.15) is 0 Å². The molecule has 19 heteroatoms. The average Bonchev–Trinajstić information content (AvgIpc) is 2.59. The number of hydrogen-bond donors (Lipinski definition) is 0. The quantitative estimate of drug-likeness (QED) is 0.373. The van der Waals surface area contributed by atoms with Gasteiger partial charge >= 0.3 is 35.1 Å². The molecule has 0 aliphatic rings. The van der Waals surface area contributed by atoms with Crippen molar-refractivity contribution >= 4 is 10.0 Å². The first-order valence-electron chi connectivity index (χ1n) is 7.45. The minimum atomic E-state index is -8.20. The molecular formula is C12H14F13NO4S. The summed E-state index contributed by atoms with van der Waals surface area (Å²) in [6.07, 6.45) is -7.59. The summed E-state index contributed by atoms with van der Waals surface area (Å²) in [6, 6.07) is 0. The third-order valence-corrected chi connectivity index (χ3v) is 5.61. The van der Waals surface area contributed by atoms with Crippen LogP contribution in [0.25, 0.3) is 0 Å². The molecule has 31 heavy (non-hydrogen) atoms. The molecule has 0 aromatic carbocycles. The SMILES string of the molecule is COCCN(CCOC)S(=O)(=O)C(F)(F)C(F)(F)C(F)(F)C(F)(F)C(F)(F)C(F)(F)F. The summed E-state index contributed by atoms with van der Waals surface area (Å²) in [7, 11) is -5.38. The van der Waals surface area contributed by atoms with Crippen LogP contribution in [0.4, 0.5) is 57.1 Å². The van der Waals surface area contributed by atoms with Gasteiger partial charge in [-0.2, -0.15) is 61.4 Å². The van der Waals surface area contributed by atoms with Crippen LogP contribution in [0.15, 0.2) is 0 Å². The standard InChI is InChI=1S/C12H14F13NO4S/c1-29-5-3-26(4-6-30-2)31(27,28)12(24,25)10(19,20)8(15,16)7(13,14)9(17,18)11(21,22)23/h3-6H2,1-2H3. The Hall–Kier alpha value is -1.08. The fourth-order valence-electron chi connectivity index (χ4n) is 1.82. The van der Waals surface area contributed by atoms with Crippen LogP contribution in [0.5, 0.6) is 0 Å². The summed E-state index contributed by atoms with van der Waals surface area (Å²) in [6.45, 7) is -4.17. The monoisotopic (exact) mass is 515 g/mol. The van der Waals surface area contributed by atoms with Crippen molar-refractivity contribution in [1.29, 1.82) is 0 Å². The van der Waals surface area contributed by atoms with Gasteiger partial charge < -0.3 is 9.47 Å². The molecule has 0 spiro atoms. The molecule has 0 aliphatic heterocycles. The maximum Gasteiger partial charge on any atom is 0.460 e. The van der Waals surface area contributed by atoms with Crippen molar-refractivity contribution in [2.45, 2.75) is 35.1 Å². The zero-order valence-electron chi connectivity index (χ0n) is 15.2. The van der Waals surface area contributed by atoms with Crippen molar-refractivity contribution in [3.8, 4) is 0 Å². The number of nitrogens with zero attached hydrogens (tertiary/aromatic N) is 1. The summed E-state index contributed by atoms with van der Waals surface area (Å²) in [5.74, 6) is -32.3. The molecule has 0 heterocycles. The molecule has 0 N–H and O–H groups in total. The van der Waals surface area contributed by atoms with E-state index in [0.29, 0.717) is 0 Å². The molecule has 0 radical (unpaired) electrons. The second kappa shape index (κ2) is 9.05. The van der Waals surface area contributed by atoms with E-state index >= 15 is 0 Å². The Morgan fingerprint density at radius 1 is 0.613 bits per heavy atom. The first kappa shape index (κ1) is 29.9. The fraction of sp³-hybridized carbons (Fsp3) is 1.00. The van der Waals surface area contributed by atoms with Gasteiger partial charge in [0.15, 0.2) is 0 Å². The van der Waals surface area contributed by atoms with Gasteiger partial charge in [0.05, 0.1) is 13.2 Å². The maximum absolute atomic E-state index is 14.0. The van der Waals surface area contributed by atoms with Gasteiger partial charge in [0, 0.05) is 27.3 Å². The molecule has 0 bridgehead atoms. The lowest BCUT2D eigenvalue weighted by atomic mass is 9.98. The van der Waals surface area contributed by atoms with E-state index in [-0.39, 0.29) is 0 Å². The fourth-order valence-corrected chi connectivity index (χ4v) is 3.22. The molecule has 0 aromatic rings. The highest BCUT2D eigenvalue weighted by atomic mass is 32.2. The van der Waals surface area contributed by atoms with Gasteiger partial charge in [-0.25, -0.2) is 8.42 Å². The second-order valence-electron chi connectivity index (χ2n) is 5.70. The number of rotatable bonds is 12. The van der Waals surface area contributed by atoms with Crippen molar-refractivity contribution in [3.05, 3.63) is 0 Å². The van der Waals surface area contributed by atoms with Gasteiger partial charge in [0.2, 0.25) is 0 Å². The minimum absolute atomic E-state index is 0.677. The van der Waals surface area contributed by atoms with Crippen LogP contribution < -0.4 is 0 Å². The van der Waals surface area contributed by atoms with Crippen LogP contribution in [0.2, 0.25) is 0 Å². The Labute approximate surface area is 166 Å². The van der Waals surface area contributed by atoms with Crippen LogP contribution >= 0.6 is 0 Å². The molecular weight excluding hydrogens is 501 g/mol. The molecule has 0 saturated carbocycles. The Kier molecular flexibility index (Phi) is 8.73. The number of hydrogen-bond acceptors (Lipinski definition) is 4. The highest BCUT2D eigenvalue weighted by molar-refractivity contribution is 7.90. The third kappa shape index (κ3) is 4.68. The van der Waals surface area contributed by atoms with Gasteiger partial charge in [-0.1, -0.05) is 0 Å². The predicted molar refractivity (Wildman–Crippen MR) is 75.0 cm³/mol. The Morgan fingerprint density at radius 3 is 1.23 bits per heavy atom. The molecule has 0 saturated heterocycles. The third-order valence-electron chi connectivity index (χ3n) is 3.66. The summed E-state index contributed by atoms with van der Waals surface area (Å²) in [5.41, 5.74) is 0. The van der Waals surface area contributed by atoms with E-state index in [2.05, 4.69) is 9.47 Å². The topological polar surface area (TPSA) is 55.8 Å². The Balaban J connectivity index is 6.59. The number of alkyl halides is 13. The molecule has 0 rings (SSSR count). The molecule has 188 valence electrons. The van der Waals surface area contributed by atoms with Crippen molar-refractivity contribution in [2.75, 3.05) is 40.5 Å². The van der Waals surface area contributed by atoms with E-state index in [4.69, 9.17) is 0 Å². The second-order valence-corrected chi connectivity index (χ2v) is 7.68. The van der Waals surface area contributed by atoms with Crippen LogP contribution in [-0.2, 0) is 19.5 Å². The summed E-state index contributed by atoms with van der Waals surface area (Å²) < 4.78 is 202. The minimum Gasteiger partial charge on any atom is -0.383 e. The van der Waals surface area contributed by atoms with Crippen LogP contribution in [0.3, 0.4) is 0 Å². The molecule has 0 fully saturated rings. The number of sulfonamides is 1. The number of halogens is 13. The molecule has 0 amide bonds. The lowest BCUT2D eigenvalue weighted by Gasteiger charge is -2.40. The smallest absolute Gasteiger partial charge is 0.383 e. The molecule has 0 unspecified atom stereocenters. The van der Waals surface area contributed by atoms with Gasteiger partial charge in [-0.15, -0.1) is 0 Å². The molecule has 0 aromatic heterocycles. The van der Waals surface area contributed by atoms with Crippen LogP contribution in [-0.4, -0.2) is 88.4 Å². The normalized spacial score (nSPS) is 15.6. The van der Waals surface area contributed by atoms with Crippen LogP contribution in [0.1, 0.15) is 0 Å². The first-order chi connectivity index (χ1) is 13.5. The molecule has 0 aliphatic carbocycles. The molecule has 5 nitrogen and oxygen atoms in total. The Bertz CT molecular complexity index is 700. The molecule has 0 atom stereocenters. The highest BCUT2D eigenvalue weighted by Gasteiger charge is 2.92. The number of ether oxygens (including phenoxy) is 2. The van der Waals surface area contributed by atoms with Gasteiger partial charge in [-0.05, 0) is 0 Å². The lowest BCUT2D eigenvalue weighted by molar-refractivity contribution is -0.433. The summed E-state index contributed by atoms with van der Waals surface area (Å²) in [5, 5.41) is -7.28. The van der Waals surface area contributed by atoms with E-state index < -0.39 is 75.8 Å². The van der Waals surface area contributed by atoms with Crippen molar-refractivity contribution in [3.63, 3.8) is 0 Å². The van der Waals surface area contributed by atoms with Gasteiger partial charge in [-0.3, -0.25) is 0 Å².